The highest BCUT2D eigenvalue weighted by atomic mass is 16.4. The van der Waals surface area contributed by atoms with Crippen molar-refractivity contribution in [2.24, 2.45) is 0 Å². The van der Waals surface area contributed by atoms with Crippen LogP contribution < -0.4 is 10.9 Å². The van der Waals surface area contributed by atoms with E-state index in [1.807, 2.05) is 6.92 Å². The Morgan fingerprint density at radius 2 is 2.05 bits per heavy atom. The van der Waals surface area contributed by atoms with Gasteiger partial charge in [0.15, 0.2) is 0 Å². The fraction of sp³-hybridized carbons (Fsp3) is 0.533. The lowest BCUT2D eigenvalue weighted by Gasteiger charge is -2.21. The smallest absolute Gasteiger partial charge is 0.326 e. The number of pyridine rings is 1. The van der Waals surface area contributed by atoms with Gasteiger partial charge in [0.05, 0.1) is 0 Å². The minimum absolute atomic E-state index is 0.264. The molecule has 0 aliphatic carbocycles. The van der Waals surface area contributed by atoms with Gasteiger partial charge in [-0.2, -0.15) is 0 Å². The molecule has 0 aromatic carbocycles. The Hall–Kier alpha value is -2.11. The number of rotatable bonds is 7. The molecule has 2 unspecified atom stereocenters. The molecule has 0 aliphatic rings. The number of amides is 1. The second kappa shape index (κ2) is 7.61. The number of hydrogen-bond acceptors (Lipinski definition) is 3. The van der Waals surface area contributed by atoms with Gasteiger partial charge in [0.2, 0.25) is 5.91 Å². The first-order valence-corrected chi connectivity index (χ1v) is 7.12. The van der Waals surface area contributed by atoms with Crippen molar-refractivity contribution in [1.82, 2.24) is 9.88 Å². The van der Waals surface area contributed by atoms with Crippen molar-refractivity contribution in [3.05, 3.63) is 34.2 Å². The molecule has 0 saturated heterocycles. The van der Waals surface area contributed by atoms with Gasteiger partial charge in [0.1, 0.15) is 12.1 Å². The molecular formula is C15H22N2O4. The molecule has 0 saturated carbocycles. The van der Waals surface area contributed by atoms with E-state index in [2.05, 4.69) is 5.32 Å². The van der Waals surface area contributed by atoms with E-state index in [1.165, 1.54) is 10.6 Å². The summed E-state index contributed by atoms with van der Waals surface area (Å²) in [6.07, 6.45) is 2.99. The van der Waals surface area contributed by atoms with E-state index in [1.54, 1.807) is 26.1 Å². The van der Waals surface area contributed by atoms with E-state index in [-0.39, 0.29) is 5.56 Å². The topological polar surface area (TPSA) is 88.4 Å². The van der Waals surface area contributed by atoms with Crippen LogP contribution in [0.15, 0.2) is 23.1 Å². The van der Waals surface area contributed by atoms with Crippen molar-refractivity contribution < 1.29 is 14.7 Å². The Morgan fingerprint density at radius 1 is 1.38 bits per heavy atom. The van der Waals surface area contributed by atoms with Crippen LogP contribution in [0.4, 0.5) is 0 Å². The predicted octanol–water partition coefficient (Wildman–Crippen LogP) is 1.48. The summed E-state index contributed by atoms with van der Waals surface area (Å²) in [4.78, 5) is 35.3. The van der Waals surface area contributed by atoms with E-state index < -0.39 is 24.0 Å². The highest BCUT2D eigenvalue weighted by Crippen LogP contribution is 2.10. The number of nitrogens with one attached hydrogen (secondary N) is 1. The molecule has 0 radical (unpaired) electrons. The molecule has 1 aromatic rings. The van der Waals surface area contributed by atoms with Crippen LogP contribution in [0.2, 0.25) is 0 Å². The monoisotopic (exact) mass is 294 g/mol. The molecule has 2 atom stereocenters. The van der Waals surface area contributed by atoms with Crippen LogP contribution in [-0.2, 0) is 9.59 Å². The average Bonchev–Trinajstić information content (AvgIpc) is 2.41. The van der Waals surface area contributed by atoms with Crippen LogP contribution in [0.25, 0.3) is 0 Å². The van der Waals surface area contributed by atoms with Gasteiger partial charge in [-0.3, -0.25) is 9.59 Å². The van der Waals surface area contributed by atoms with Gasteiger partial charge in [0, 0.05) is 12.3 Å². The number of aryl methyl sites for hydroxylation is 1. The number of nitrogens with zero attached hydrogens (tertiary/aromatic N) is 1. The maximum atomic E-state index is 12.3. The van der Waals surface area contributed by atoms with Gasteiger partial charge in [-0.15, -0.1) is 0 Å². The molecule has 0 bridgehead atoms. The van der Waals surface area contributed by atoms with E-state index in [0.717, 1.165) is 5.56 Å². The first kappa shape index (κ1) is 16.9. The molecule has 0 fully saturated rings. The van der Waals surface area contributed by atoms with Crippen LogP contribution in [0, 0.1) is 6.92 Å². The summed E-state index contributed by atoms with van der Waals surface area (Å²) >= 11 is 0. The predicted molar refractivity (Wildman–Crippen MR) is 79.2 cm³/mol. The van der Waals surface area contributed by atoms with Gasteiger partial charge in [-0.05, 0) is 31.4 Å². The lowest BCUT2D eigenvalue weighted by Crippen LogP contribution is -2.45. The summed E-state index contributed by atoms with van der Waals surface area (Å²) in [7, 11) is 0. The van der Waals surface area contributed by atoms with E-state index in [0.29, 0.717) is 19.3 Å². The van der Waals surface area contributed by atoms with E-state index >= 15 is 0 Å². The van der Waals surface area contributed by atoms with Gasteiger partial charge in [-0.1, -0.05) is 20.3 Å². The number of aliphatic carboxylic acids is 1. The fourth-order valence-electron chi connectivity index (χ4n) is 2.17. The minimum atomic E-state index is -1.06. The summed E-state index contributed by atoms with van der Waals surface area (Å²) in [5, 5.41) is 11.6. The third kappa shape index (κ3) is 4.44. The van der Waals surface area contributed by atoms with Crippen molar-refractivity contribution in [2.75, 3.05) is 0 Å². The molecule has 21 heavy (non-hydrogen) atoms. The fourth-order valence-corrected chi connectivity index (χ4v) is 2.17. The Kier molecular flexibility index (Phi) is 6.14. The van der Waals surface area contributed by atoms with Crippen LogP contribution in [0.5, 0.6) is 0 Å². The number of aromatic nitrogens is 1. The molecule has 1 amide bonds. The highest BCUT2D eigenvalue weighted by molar-refractivity contribution is 5.85. The maximum Gasteiger partial charge on any atom is 0.326 e. The van der Waals surface area contributed by atoms with Crippen LogP contribution in [0.3, 0.4) is 0 Å². The molecule has 1 aromatic heterocycles. The van der Waals surface area contributed by atoms with Crippen LogP contribution in [0.1, 0.15) is 44.7 Å². The SMILES string of the molecule is CCCC(NC(=O)C(CC)n1ccc(C)cc1=O)C(=O)O. The first-order valence-electron chi connectivity index (χ1n) is 7.12. The Morgan fingerprint density at radius 3 is 2.52 bits per heavy atom. The Bertz CT molecular complexity index is 565. The van der Waals surface area contributed by atoms with Crippen molar-refractivity contribution in [3.8, 4) is 0 Å². The van der Waals surface area contributed by atoms with Gasteiger partial charge >= 0.3 is 5.97 Å². The molecule has 6 nitrogen and oxygen atoms in total. The lowest BCUT2D eigenvalue weighted by molar-refractivity contribution is -0.142. The van der Waals surface area contributed by atoms with Gasteiger partial charge < -0.3 is 15.0 Å². The highest BCUT2D eigenvalue weighted by Gasteiger charge is 2.25. The standard InChI is InChI=1S/C15H22N2O4/c1-4-6-11(15(20)21)16-14(19)12(5-2)17-8-7-10(3)9-13(17)18/h7-9,11-12H,4-6H2,1-3H3,(H,16,19)(H,20,21). The summed E-state index contributed by atoms with van der Waals surface area (Å²) in [6.45, 7) is 5.43. The third-order valence-corrected chi connectivity index (χ3v) is 3.32. The number of hydrogen-bond donors (Lipinski definition) is 2. The maximum absolute atomic E-state index is 12.3. The molecule has 1 heterocycles. The summed E-state index contributed by atoms with van der Waals surface area (Å²) in [5.74, 6) is -1.50. The molecule has 116 valence electrons. The van der Waals surface area contributed by atoms with Gasteiger partial charge in [0.25, 0.3) is 5.56 Å². The van der Waals surface area contributed by atoms with E-state index in [4.69, 9.17) is 5.11 Å². The second-order valence-electron chi connectivity index (χ2n) is 5.06. The summed E-state index contributed by atoms with van der Waals surface area (Å²) < 4.78 is 1.34. The second-order valence-corrected chi connectivity index (χ2v) is 5.06. The van der Waals surface area contributed by atoms with E-state index in [9.17, 15) is 14.4 Å². The molecule has 2 N–H and O–H groups in total. The molecule has 0 spiro atoms. The Labute approximate surface area is 123 Å². The summed E-state index contributed by atoms with van der Waals surface area (Å²) in [6, 6.07) is 1.59. The molecule has 1 rings (SSSR count). The van der Waals surface area contributed by atoms with Gasteiger partial charge in [-0.25, -0.2) is 4.79 Å². The number of carboxylic acids is 1. The number of carboxylic acid groups (broad SMARTS) is 1. The zero-order chi connectivity index (χ0) is 16.0. The largest absolute Gasteiger partial charge is 0.480 e. The normalized spacial score (nSPS) is 13.5. The van der Waals surface area contributed by atoms with Crippen LogP contribution in [-0.4, -0.2) is 27.6 Å². The molecule has 0 aliphatic heterocycles. The van der Waals surface area contributed by atoms with Crippen molar-refractivity contribution in [2.45, 2.75) is 52.1 Å². The van der Waals surface area contributed by atoms with Crippen molar-refractivity contribution in [1.29, 1.82) is 0 Å². The number of carbonyl (C=O) groups is 2. The summed E-state index contributed by atoms with van der Waals surface area (Å²) in [5.41, 5.74) is 0.556. The first-order chi connectivity index (χ1) is 9.90. The average molecular weight is 294 g/mol. The lowest BCUT2D eigenvalue weighted by atomic mass is 10.1. The quantitative estimate of drug-likeness (QED) is 0.797. The zero-order valence-electron chi connectivity index (χ0n) is 12.6. The minimum Gasteiger partial charge on any atom is -0.480 e. The van der Waals surface area contributed by atoms with Crippen molar-refractivity contribution >= 4 is 11.9 Å². The third-order valence-electron chi connectivity index (χ3n) is 3.32. The van der Waals surface area contributed by atoms with Crippen molar-refractivity contribution in [3.63, 3.8) is 0 Å². The Balaban J connectivity index is 2.96. The number of carbonyl (C=O) groups excluding carboxylic acids is 1. The van der Waals surface area contributed by atoms with Crippen LogP contribution >= 0.6 is 0 Å². The molecule has 6 heteroatoms. The zero-order valence-corrected chi connectivity index (χ0v) is 12.6. The molecular weight excluding hydrogens is 272 g/mol.